The Morgan fingerprint density at radius 3 is 3.06 bits per heavy atom. The number of hydrogen-bond acceptors (Lipinski definition) is 4. The molecule has 4 heteroatoms. The summed E-state index contributed by atoms with van der Waals surface area (Å²) in [4.78, 5) is 6.65. The molecule has 1 aliphatic heterocycles. The van der Waals surface area contributed by atoms with E-state index in [-0.39, 0.29) is 5.41 Å². The van der Waals surface area contributed by atoms with Crippen molar-refractivity contribution in [3.63, 3.8) is 0 Å². The van der Waals surface area contributed by atoms with Gasteiger partial charge in [0.25, 0.3) is 0 Å². The van der Waals surface area contributed by atoms with Gasteiger partial charge in [-0.1, -0.05) is 13.0 Å². The predicted molar refractivity (Wildman–Crippen MR) is 67.8 cm³/mol. The summed E-state index contributed by atoms with van der Waals surface area (Å²) in [6.45, 7) is 6.07. The van der Waals surface area contributed by atoms with Crippen molar-refractivity contribution in [3.8, 4) is 5.88 Å². The maximum absolute atomic E-state index is 5.82. The Balaban J connectivity index is 2.03. The van der Waals surface area contributed by atoms with E-state index in [0.717, 1.165) is 37.6 Å². The minimum Gasteiger partial charge on any atom is -0.481 e. The van der Waals surface area contributed by atoms with Gasteiger partial charge in [-0.2, -0.15) is 0 Å². The average molecular weight is 235 g/mol. The van der Waals surface area contributed by atoms with Crippen LogP contribution < -0.4 is 10.5 Å². The lowest BCUT2D eigenvalue weighted by Crippen LogP contribution is -2.31. The Labute approximate surface area is 103 Å². The molecule has 17 heavy (non-hydrogen) atoms. The van der Waals surface area contributed by atoms with Crippen molar-refractivity contribution in [1.29, 1.82) is 0 Å². The van der Waals surface area contributed by atoms with Gasteiger partial charge in [0.15, 0.2) is 0 Å². The van der Waals surface area contributed by atoms with E-state index in [1.54, 1.807) is 13.3 Å². The lowest BCUT2D eigenvalue weighted by Gasteiger charge is -2.22. The van der Waals surface area contributed by atoms with Crippen LogP contribution in [0.5, 0.6) is 5.88 Å². The van der Waals surface area contributed by atoms with E-state index in [0.29, 0.717) is 0 Å². The Morgan fingerprint density at radius 1 is 1.59 bits per heavy atom. The Bertz CT molecular complexity index is 383. The first-order chi connectivity index (χ1) is 8.17. The Kier molecular flexibility index (Phi) is 3.64. The van der Waals surface area contributed by atoms with Crippen molar-refractivity contribution in [2.24, 2.45) is 11.1 Å². The van der Waals surface area contributed by atoms with Crippen molar-refractivity contribution in [1.82, 2.24) is 9.88 Å². The molecule has 2 rings (SSSR count). The molecule has 0 saturated carbocycles. The molecule has 1 atom stereocenters. The van der Waals surface area contributed by atoms with Gasteiger partial charge in [-0.15, -0.1) is 0 Å². The fourth-order valence-corrected chi connectivity index (χ4v) is 2.40. The number of nitrogens with zero attached hydrogens (tertiary/aromatic N) is 2. The van der Waals surface area contributed by atoms with Crippen molar-refractivity contribution in [2.45, 2.75) is 19.9 Å². The molecule has 0 radical (unpaired) electrons. The summed E-state index contributed by atoms with van der Waals surface area (Å²) in [5.41, 5.74) is 7.24. The zero-order valence-corrected chi connectivity index (χ0v) is 10.6. The van der Waals surface area contributed by atoms with Crippen LogP contribution >= 0.6 is 0 Å². The fourth-order valence-electron chi connectivity index (χ4n) is 2.40. The molecule has 2 heterocycles. The van der Waals surface area contributed by atoms with Gasteiger partial charge in [0.2, 0.25) is 5.88 Å². The third-order valence-electron chi connectivity index (χ3n) is 3.57. The molecule has 1 unspecified atom stereocenters. The minimum absolute atomic E-state index is 0.273. The van der Waals surface area contributed by atoms with E-state index >= 15 is 0 Å². The standard InChI is InChI=1S/C13H21N3O/c1-13(9-14)5-7-16(10-13)8-11-4-3-6-15-12(11)17-2/h3-4,6H,5,7-10,14H2,1-2H3. The number of aromatic nitrogens is 1. The molecule has 4 nitrogen and oxygen atoms in total. The third-order valence-corrected chi connectivity index (χ3v) is 3.57. The average Bonchev–Trinajstić information content (AvgIpc) is 2.73. The number of ether oxygens (including phenoxy) is 1. The number of pyridine rings is 1. The monoisotopic (exact) mass is 235 g/mol. The van der Waals surface area contributed by atoms with Crippen LogP contribution in [0.4, 0.5) is 0 Å². The topological polar surface area (TPSA) is 51.4 Å². The van der Waals surface area contributed by atoms with E-state index in [9.17, 15) is 0 Å². The summed E-state index contributed by atoms with van der Waals surface area (Å²) in [6, 6.07) is 4.03. The van der Waals surface area contributed by atoms with E-state index < -0.39 is 0 Å². The van der Waals surface area contributed by atoms with Crippen molar-refractivity contribution >= 4 is 0 Å². The second kappa shape index (κ2) is 5.02. The van der Waals surface area contributed by atoms with Gasteiger partial charge in [-0.3, -0.25) is 4.90 Å². The van der Waals surface area contributed by atoms with E-state index in [4.69, 9.17) is 10.5 Å². The van der Waals surface area contributed by atoms with Crippen LogP contribution in [0.1, 0.15) is 18.9 Å². The molecule has 1 aromatic heterocycles. The van der Waals surface area contributed by atoms with E-state index in [2.05, 4.69) is 22.9 Å². The summed E-state index contributed by atoms with van der Waals surface area (Å²) >= 11 is 0. The lowest BCUT2D eigenvalue weighted by atomic mass is 9.90. The first-order valence-electron chi connectivity index (χ1n) is 6.07. The molecule has 94 valence electrons. The normalized spacial score (nSPS) is 25.1. The first kappa shape index (κ1) is 12.3. The number of methoxy groups -OCH3 is 1. The summed E-state index contributed by atoms with van der Waals surface area (Å²) < 4.78 is 5.27. The van der Waals surface area contributed by atoms with Crippen molar-refractivity contribution in [2.75, 3.05) is 26.7 Å². The van der Waals surface area contributed by atoms with Gasteiger partial charge in [0, 0.05) is 24.8 Å². The number of nitrogens with two attached hydrogens (primary N) is 1. The van der Waals surface area contributed by atoms with Gasteiger partial charge < -0.3 is 10.5 Å². The SMILES string of the molecule is COc1ncccc1CN1CCC(C)(CN)C1. The number of rotatable bonds is 4. The van der Waals surface area contributed by atoms with Gasteiger partial charge in [0.05, 0.1) is 7.11 Å². The highest BCUT2D eigenvalue weighted by molar-refractivity contribution is 5.25. The molecule has 1 aliphatic rings. The highest BCUT2D eigenvalue weighted by Crippen LogP contribution is 2.30. The third kappa shape index (κ3) is 2.76. The molecular formula is C13H21N3O. The fraction of sp³-hybridized carbons (Fsp3) is 0.615. The molecule has 0 amide bonds. The zero-order valence-electron chi connectivity index (χ0n) is 10.6. The van der Waals surface area contributed by atoms with Crippen LogP contribution in [-0.2, 0) is 6.54 Å². The number of likely N-dealkylation sites (tertiary alicyclic amines) is 1. The quantitative estimate of drug-likeness (QED) is 0.853. The van der Waals surface area contributed by atoms with Gasteiger partial charge in [-0.05, 0) is 31.0 Å². The largest absolute Gasteiger partial charge is 0.481 e. The summed E-state index contributed by atoms with van der Waals surface area (Å²) in [6.07, 6.45) is 2.93. The van der Waals surface area contributed by atoms with E-state index in [1.165, 1.54) is 6.42 Å². The summed E-state index contributed by atoms with van der Waals surface area (Å²) in [5.74, 6) is 0.730. The van der Waals surface area contributed by atoms with Gasteiger partial charge in [0.1, 0.15) is 0 Å². The molecule has 2 N–H and O–H groups in total. The van der Waals surface area contributed by atoms with Crippen molar-refractivity contribution < 1.29 is 4.74 Å². The maximum atomic E-state index is 5.82. The highest BCUT2D eigenvalue weighted by atomic mass is 16.5. The zero-order chi connectivity index (χ0) is 12.3. The first-order valence-corrected chi connectivity index (χ1v) is 6.07. The molecule has 1 aromatic rings. The second-order valence-corrected chi connectivity index (χ2v) is 5.15. The molecule has 0 aliphatic carbocycles. The maximum Gasteiger partial charge on any atom is 0.217 e. The predicted octanol–water partition coefficient (Wildman–Crippen LogP) is 1.26. The molecule has 1 saturated heterocycles. The van der Waals surface area contributed by atoms with Crippen LogP contribution in [0, 0.1) is 5.41 Å². The lowest BCUT2D eigenvalue weighted by molar-refractivity contribution is 0.269. The Hall–Kier alpha value is -1.13. The smallest absolute Gasteiger partial charge is 0.217 e. The van der Waals surface area contributed by atoms with Crippen LogP contribution in [-0.4, -0.2) is 36.6 Å². The molecule has 0 spiro atoms. The molecular weight excluding hydrogens is 214 g/mol. The van der Waals surface area contributed by atoms with Crippen LogP contribution in [0.25, 0.3) is 0 Å². The molecule has 1 fully saturated rings. The van der Waals surface area contributed by atoms with Crippen LogP contribution in [0.3, 0.4) is 0 Å². The Morgan fingerprint density at radius 2 is 2.41 bits per heavy atom. The van der Waals surface area contributed by atoms with E-state index in [1.807, 2.05) is 6.07 Å². The minimum atomic E-state index is 0.273. The van der Waals surface area contributed by atoms with Crippen molar-refractivity contribution in [3.05, 3.63) is 23.9 Å². The highest BCUT2D eigenvalue weighted by Gasteiger charge is 2.32. The second-order valence-electron chi connectivity index (χ2n) is 5.15. The summed E-state index contributed by atoms with van der Waals surface area (Å²) in [7, 11) is 1.67. The summed E-state index contributed by atoms with van der Waals surface area (Å²) in [5, 5.41) is 0. The number of hydrogen-bond donors (Lipinski definition) is 1. The molecule has 0 bridgehead atoms. The van der Waals surface area contributed by atoms with Crippen LogP contribution in [0.2, 0.25) is 0 Å². The van der Waals surface area contributed by atoms with Crippen LogP contribution in [0.15, 0.2) is 18.3 Å². The van der Waals surface area contributed by atoms with Gasteiger partial charge in [-0.25, -0.2) is 4.98 Å². The van der Waals surface area contributed by atoms with Gasteiger partial charge >= 0.3 is 0 Å². The molecule has 0 aromatic carbocycles.